The number of piperidine rings is 1. The number of hydrogen-bond acceptors (Lipinski definition) is 4. The van der Waals surface area contributed by atoms with Crippen molar-refractivity contribution in [1.82, 2.24) is 4.90 Å². The average Bonchev–Trinajstić information content (AvgIpc) is 2.64. The second kappa shape index (κ2) is 7.44. The van der Waals surface area contributed by atoms with Crippen LogP contribution in [-0.2, 0) is 14.3 Å². The molecule has 1 aromatic rings. The van der Waals surface area contributed by atoms with Crippen LogP contribution in [0.5, 0.6) is 5.75 Å². The molecule has 6 nitrogen and oxygen atoms in total. The minimum atomic E-state index is -1.28. The minimum Gasteiger partial charge on any atom is -0.478 e. The predicted octanol–water partition coefficient (Wildman–Crippen LogP) is 2.39. The van der Waals surface area contributed by atoms with Crippen molar-refractivity contribution in [2.24, 2.45) is 0 Å². The van der Waals surface area contributed by atoms with Crippen LogP contribution in [0.1, 0.15) is 37.7 Å². The molecule has 2 aliphatic heterocycles. The van der Waals surface area contributed by atoms with Crippen molar-refractivity contribution < 1.29 is 24.2 Å². The van der Waals surface area contributed by atoms with E-state index in [-0.39, 0.29) is 24.9 Å². The SMILES string of the molecule is Cc1ccccc1OC1(C(=O)O)CCN(C(=O)[C@@H]2CCCCO2)CC1. The number of benzene rings is 1. The van der Waals surface area contributed by atoms with E-state index in [1.54, 1.807) is 11.0 Å². The van der Waals surface area contributed by atoms with Crippen LogP contribution in [0.25, 0.3) is 0 Å². The molecule has 1 N–H and O–H groups in total. The van der Waals surface area contributed by atoms with Gasteiger partial charge in [-0.15, -0.1) is 0 Å². The van der Waals surface area contributed by atoms with Crippen molar-refractivity contribution in [3.63, 3.8) is 0 Å². The van der Waals surface area contributed by atoms with Gasteiger partial charge in [-0.2, -0.15) is 0 Å². The van der Waals surface area contributed by atoms with Gasteiger partial charge in [0.1, 0.15) is 11.9 Å². The molecule has 1 amide bonds. The summed E-state index contributed by atoms with van der Waals surface area (Å²) in [4.78, 5) is 26.2. The molecule has 2 heterocycles. The molecule has 3 rings (SSSR count). The Morgan fingerprint density at radius 3 is 2.56 bits per heavy atom. The lowest BCUT2D eigenvalue weighted by atomic mass is 9.90. The van der Waals surface area contributed by atoms with Crippen LogP contribution in [0.4, 0.5) is 0 Å². The second-order valence-corrected chi connectivity index (χ2v) is 6.85. The lowest BCUT2D eigenvalue weighted by molar-refractivity contribution is -0.164. The number of likely N-dealkylation sites (tertiary alicyclic amines) is 1. The number of amides is 1. The molecule has 2 aliphatic rings. The van der Waals surface area contributed by atoms with Gasteiger partial charge in [0.15, 0.2) is 0 Å². The van der Waals surface area contributed by atoms with E-state index in [4.69, 9.17) is 9.47 Å². The normalized spacial score (nSPS) is 23.1. The molecular weight excluding hydrogens is 322 g/mol. The van der Waals surface area contributed by atoms with E-state index in [0.29, 0.717) is 25.4 Å². The zero-order valence-electron chi connectivity index (χ0n) is 14.6. The molecule has 2 fully saturated rings. The zero-order chi connectivity index (χ0) is 17.9. The van der Waals surface area contributed by atoms with Crippen LogP contribution in [0.2, 0.25) is 0 Å². The minimum absolute atomic E-state index is 0.0189. The van der Waals surface area contributed by atoms with E-state index in [0.717, 1.165) is 24.8 Å². The Morgan fingerprint density at radius 2 is 1.96 bits per heavy atom. The standard InChI is InChI=1S/C19H25NO5/c1-14-6-2-3-7-15(14)25-19(18(22)23)9-11-20(12-10-19)17(21)16-8-4-5-13-24-16/h2-3,6-7,16H,4-5,8-13H2,1H3,(H,22,23)/t16-/m0/s1. The maximum atomic E-state index is 12.6. The van der Waals surface area contributed by atoms with E-state index in [1.807, 2.05) is 25.1 Å². The number of nitrogens with zero attached hydrogens (tertiary/aromatic N) is 1. The molecule has 2 saturated heterocycles. The molecular formula is C19H25NO5. The molecule has 6 heteroatoms. The maximum absolute atomic E-state index is 12.6. The van der Waals surface area contributed by atoms with E-state index in [2.05, 4.69) is 0 Å². The van der Waals surface area contributed by atoms with Gasteiger partial charge in [0.2, 0.25) is 5.60 Å². The third kappa shape index (κ3) is 3.79. The fourth-order valence-corrected chi connectivity index (χ4v) is 3.47. The number of para-hydroxylation sites is 1. The number of aliphatic carboxylic acids is 1. The number of carboxylic acid groups (broad SMARTS) is 1. The number of aryl methyl sites for hydroxylation is 1. The Kier molecular flexibility index (Phi) is 5.27. The van der Waals surface area contributed by atoms with Crippen molar-refractivity contribution in [2.75, 3.05) is 19.7 Å². The van der Waals surface area contributed by atoms with Crippen molar-refractivity contribution in [1.29, 1.82) is 0 Å². The first-order valence-corrected chi connectivity index (χ1v) is 8.90. The summed E-state index contributed by atoms with van der Waals surface area (Å²) in [7, 11) is 0. The highest BCUT2D eigenvalue weighted by Gasteiger charge is 2.45. The Balaban J connectivity index is 1.67. The van der Waals surface area contributed by atoms with E-state index >= 15 is 0 Å². The van der Waals surface area contributed by atoms with Gasteiger partial charge in [-0.05, 0) is 37.8 Å². The third-order valence-electron chi connectivity index (χ3n) is 5.13. The summed E-state index contributed by atoms with van der Waals surface area (Å²) in [6.45, 7) is 3.26. The summed E-state index contributed by atoms with van der Waals surface area (Å²) >= 11 is 0. The highest BCUT2D eigenvalue weighted by atomic mass is 16.5. The Hall–Kier alpha value is -2.08. The molecule has 0 aliphatic carbocycles. The van der Waals surface area contributed by atoms with Crippen molar-refractivity contribution in [2.45, 2.75) is 50.7 Å². The van der Waals surface area contributed by atoms with Crippen LogP contribution in [0.3, 0.4) is 0 Å². The fourth-order valence-electron chi connectivity index (χ4n) is 3.47. The van der Waals surface area contributed by atoms with Crippen molar-refractivity contribution in [3.8, 4) is 5.75 Å². The molecule has 0 spiro atoms. The molecule has 0 aromatic heterocycles. The molecule has 0 saturated carbocycles. The summed E-state index contributed by atoms with van der Waals surface area (Å²) in [6.07, 6.45) is 2.92. The second-order valence-electron chi connectivity index (χ2n) is 6.85. The van der Waals surface area contributed by atoms with Crippen LogP contribution >= 0.6 is 0 Å². The van der Waals surface area contributed by atoms with Crippen LogP contribution in [-0.4, -0.2) is 53.3 Å². The van der Waals surface area contributed by atoms with Crippen molar-refractivity contribution in [3.05, 3.63) is 29.8 Å². The Morgan fingerprint density at radius 1 is 1.24 bits per heavy atom. The van der Waals surface area contributed by atoms with Gasteiger partial charge < -0.3 is 19.5 Å². The van der Waals surface area contributed by atoms with Gasteiger partial charge >= 0.3 is 5.97 Å². The van der Waals surface area contributed by atoms with Gasteiger partial charge in [-0.3, -0.25) is 4.79 Å². The smallest absolute Gasteiger partial charge is 0.348 e. The maximum Gasteiger partial charge on any atom is 0.348 e. The lowest BCUT2D eigenvalue weighted by Gasteiger charge is -2.40. The molecule has 25 heavy (non-hydrogen) atoms. The number of hydrogen-bond donors (Lipinski definition) is 1. The topological polar surface area (TPSA) is 76.1 Å². The first kappa shape index (κ1) is 17.7. The van der Waals surface area contributed by atoms with Crippen LogP contribution < -0.4 is 4.74 Å². The number of rotatable bonds is 4. The molecule has 0 unspecified atom stereocenters. The third-order valence-corrected chi connectivity index (χ3v) is 5.13. The van der Waals surface area contributed by atoms with Crippen molar-refractivity contribution >= 4 is 11.9 Å². The van der Waals surface area contributed by atoms with Gasteiger partial charge in [0.25, 0.3) is 5.91 Å². The summed E-state index contributed by atoms with van der Waals surface area (Å²) in [5, 5.41) is 9.76. The number of carbonyl (C=O) groups excluding carboxylic acids is 1. The number of carboxylic acids is 1. The highest BCUT2D eigenvalue weighted by Crippen LogP contribution is 2.31. The molecule has 1 aromatic carbocycles. The quantitative estimate of drug-likeness (QED) is 0.905. The average molecular weight is 347 g/mol. The van der Waals surface area contributed by atoms with Gasteiger partial charge in [-0.25, -0.2) is 4.79 Å². The summed E-state index contributed by atoms with van der Waals surface area (Å²) in [6, 6.07) is 7.40. The van der Waals surface area contributed by atoms with Crippen LogP contribution in [0, 0.1) is 6.92 Å². The predicted molar refractivity (Wildman–Crippen MR) is 91.6 cm³/mol. The molecule has 0 radical (unpaired) electrons. The summed E-state index contributed by atoms with van der Waals surface area (Å²) in [5.41, 5.74) is -0.381. The van der Waals surface area contributed by atoms with E-state index in [9.17, 15) is 14.7 Å². The largest absolute Gasteiger partial charge is 0.478 e. The van der Waals surface area contributed by atoms with Crippen LogP contribution in [0.15, 0.2) is 24.3 Å². The zero-order valence-corrected chi connectivity index (χ0v) is 14.6. The molecule has 0 bridgehead atoms. The summed E-state index contributed by atoms with van der Waals surface area (Å²) in [5.74, 6) is -0.411. The monoisotopic (exact) mass is 347 g/mol. The molecule has 136 valence electrons. The van der Waals surface area contributed by atoms with Gasteiger partial charge in [0, 0.05) is 32.5 Å². The number of carbonyl (C=O) groups is 2. The van der Waals surface area contributed by atoms with Gasteiger partial charge in [-0.1, -0.05) is 18.2 Å². The number of ether oxygens (including phenoxy) is 2. The lowest BCUT2D eigenvalue weighted by Crippen LogP contribution is -2.56. The first-order valence-electron chi connectivity index (χ1n) is 8.90. The van der Waals surface area contributed by atoms with Gasteiger partial charge in [0.05, 0.1) is 0 Å². The van der Waals surface area contributed by atoms with E-state index in [1.165, 1.54) is 0 Å². The van der Waals surface area contributed by atoms with E-state index < -0.39 is 11.6 Å². The molecule has 1 atom stereocenters. The summed E-state index contributed by atoms with van der Waals surface area (Å²) < 4.78 is 11.5. The fraction of sp³-hybridized carbons (Fsp3) is 0.579. The Labute approximate surface area is 147 Å². The first-order chi connectivity index (χ1) is 12.0. The highest BCUT2D eigenvalue weighted by molar-refractivity contribution is 5.82. The Bertz CT molecular complexity index is 630.